The molecule has 1 amide bonds. The lowest BCUT2D eigenvalue weighted by atomic mass is 10.0. The van der Waals surface area contributed by atoms with Crippen LogP contribution in [0.5, 0.6) is 0 Å². The van der Waals surface area contributed by atoms with E-state index in [0.29, 0.717) is 5.92 Å². The minimum absolute atomic E-state index is 0.0311. The van der Waals surface area contributed by atoms with Crippen molar-refractivity contribution >= 4 is 17.2 Å². The van der Waals surface area contributed by atoms with Gasteiger partial charge in [0, 0.05) is 11.4 Å². The van der Waals surface area contributed by atoms with Crippen molar-refractivity contribution in [2.45, 2.75) is 38.9 Å². The average Bonchev–Trinajstić information content (AvgIpc) is 3.00. The molecule has 1 aliphatic rings. The molecule has 5 heteroatoms. The normalized spacial score (nSPS) is 22.8. The number of hydrogen-bond acceptors (Lipinski definition) is 4. The summed E-state index contributed by atoms with van der Waals surface area (Å²) in [5.74, 6) is 0.790. The Hall–Kier alpha value is -0.910. The Labute approximate surface area is 132 Å². The largest absolute Gasteiger partial charge is 0.321 e. The second-order valence-electron chi connectivity index (χ2n) is 6.46. The van der Waals surface area contributed by atoms with Crippen LogP contribution in [0.3, 0.4) is 0 Å². The van der Waals surface area contributed by atoms with E-state index in [4.69, 9.17) is 0 Å². The number of nitrogens with one attached hydrogen (secondary N) is 1. The van der Waals surface area contributed by atoms with E-state index in [1.807, 2.05) is 4.90 Å². The lowest BCUT2D eigenvalue weighted by molar-refractivity contribution is -0.130. The first-order valence-corrected chi connectivity index (χ1v) is 8.61. The van der Waals surface area contributed by atoms with Gasteiger partial charge in [0.05, 0.1) is 6.04 Å². The van der Waals surface area contributed by atoms with Gasteiger partial charge in [0.15, 0.2) is 0 Å². The third-order valence-electron chi connectivity index (χ3n) is 3.78. The molecule has 21 heavy (non-hydrogen) atoms. The maximum Gasteiger partial charge on any atom is 0.241 e. The summed E-state index contributed by atoms with van der Waals surface area (Å²) in [5, 5.41) is 5.61. The maximum atomic E-state index is 12.7. The predicted octanol–water partition coefficient (Wildman–Crippen LogP) is 2.54. The summed E-state index contributed by atoms with van der Waals surface area (Å²) in [5.41, 5.74) is 0. The highest BCUT2D eigenvalue weighted by molar-refractivity contribution is 7.10. The van der Waals surface area contributed by atoms with Crippen LogP contribution in [-0.2, 0) is 4.79 Å². The van der Waals surface area contributed by atoms with Gasteiger partial charge in [-0.25, -0.2) is 0 Å². The van der Waals surface area contributed by atoms with E-state index in [9.17, 15) is 4.79 Å². The number of hydrogen-bond donors (Lipinski definition) is 1. The molecule has 2 heterocycles. The fraction of sp³-hybridized carbons (Fsp3) is 0.688. The van der Waals surface area contributed by atoms with Crippen LogP contribution >= 0.6 is 11.3 Å². The fourth-order valence-electron chi connectivity index (χ4n) is 2.80. The van der Waals surface area contributed by atoms with Crippen molar-refractivity contribution in [3.8, 4) is 0 Å². The molecule has 0 radical (unpaired) electrons. The molecule has 1 aromatic rings. The van der Waals surface area contributed by atoms with Crippen molar-refractivity contribution in [2.24, 2.45) is 5.92 Å². The van der Waals surface area contributed by atoms with Crippen LogP contribution in [-0.4, -0.2) is 48.9 Å². The monoisotopic (exact) mass is 309 g/mol. The summed E-state index contributed by atoms with van der Waals surface area (Å²) < 4.78 is 0. The van der Waals surface area contributed by atoms with E-state index in [-0.39, 0.29) is 18.1 Å². The zero-order valence-corrected chi connectivity index (χ0v) is 14.3. The molecule has 0 saturated carbocycles. The molecule has 2 rings (SSSR count). The molecule has 0 aromatic carbocycles. The molecule has 1 fully saturated rings. The van der Waals surface area contributed by atoms with Crippen LogP contribution in [0.2, 0.25) is 0 Å². The van der Waals surface area contributed by atoms with E-state index in [1.165, 1.54) is 4.88 Å². The van der Waals surface area contributed by atoms with Gasteiger partial charge < -0.3 is 9.80 Å². The number of nitrogens with zero attached hydrogens (tertiary/aromatic N) is 2. The van der Waals surface area contributed by atoms with Crippen LogP contribution in [0.4, 0.5) is 0 Å². The maximum absolute atomic E-state index is 12.7. The molecular weight excluding hydrogens is 282 g/mol. The predicted molar refractivity (Wildman–Crippen MR) is 88.3 cm³/mol. The Bertz CT molecular complexity index is 444. The Morgan fingerprint density at radius 2 is 2.19 bits per heavy atom. The van der Waals surface area contributed by atoms with Gasteiger partial charge in [-0.05, 0) is 50.8 Å². The number of carbonyl (C=O) groups is 1. The summed E-state index contributed by atoms with van der Waals surface area (Å²) in [7, 11) is 4.14. The van der Waals surface area contributed by atoms with E-state index in [2.05, 4.69) is 55.7 Å². The van der Waals surface area contributed by atoms with Crippen LogP contribution in [0.15, 0.2) is 17.5 Å². The first-order chi connectivity index (χ1) is 9.99. The molecule has 1 aromatic heterocycles. The van der Waals surface area contributed by atoms with Gasteiger partial charge in [-0.15, -0.1) is 11.3 Å². The highest BCUT2D eigenvalue weighted by atomic mass is 32.1. The van der Waals surface area contributed by atoms with Crippen LogP contribution in [0.1, 0.15) is 37.7 Å². The number of thiophene rings is 1. The van der Waals surface area contributed by atoms with E-state index in [1.54, 1.807) is 11.3 Å². The van der Waals surface area contributed by atoms with Gasteiger partial charge >= 0.3 is 0 Å². The zero-order chi connectivity index (χ0) is 15.4. The SMILES string of the molecule is CC(C)CC1NC(c2cccs2)N(CCCN(C)C)C1=O. The molecule has 0 spiro atoms. The van der Waals surface area contributed by atoms with Gasteiger partial charge in [0.1, 0.15) is 6.17 Å². The lowest BCUT2D eigenvalue weighted by Crippen LogP contribution is -2.33. The minimum atomic E-state index is -0.0311. The average molecular weight is 309 g/mol. The molecule has 1 aliphatic heterocycles. The highest BCUT2D eigenvalue weighted by Gasteiger charge is 2.39. The molecule has 118 valence electrons. The Balaban J connectivity index is 2.06. The van der Waals surface area contributed by atoms with Crippen molar-refractivity contribution in [3.05, 3.63) is 22.4 Å². The molecule has 2 unspecified atom stereocenters. The Morgan fingerprint density at radius 1 is 1.43 bits per heavy atom. The lowest BCUT2D eigenvalue weighted by Gasteiger charge is -2.24. The number of carbonyl (C=O) groups excluding carboxylic acids is 1. The summed E-state index contributed by atoms with van der Waals surface area (Å²) >= 11 is 1.72. The van der Waals surface area contributed by atoms with Gasteiger partial charge in [-0.3, -0.25) is 10.1 Å². The summed E-state index contributed by atoms with van der Waals surface area (Å²) in [6.07, 6.45) is 1.98. The summed E-state index contributed by atoms with van der Waals surface area (Å²) in [4.78, 5) is 18.1. The van der Waals surface area contributed by atoms with Crippen LogP contribution in [0.25, 0.3) is 0 Å². The van der Waals surface area contributed by atoms with Gasteiger partial charge in [0.25, 0.3) is 0 Å². The minimum Gasteiger partial charge on any atom is -0.321 e. The fourth-order valence-corrected chi connectivity index (χ4v) is 3.59. The van der Waals surface area contributed by atoms with Gasteiger partial charge in [-0.2, -0.15) is 0 Å². The third-order valence-corrected chi connectivity index (χ3v) is 4.70. The number of amides is 1. The van der Waals surface area contributed by atoms with Crippen molar-refractivity contribution < 1.29 is 4.79 Å². The van der Waals surface area contributed by atoms with E-state index >= 15 is 0 Å². The highest BCUT2D eigenvalue weighted by Crippen LogP contribution is 2.30. The van der Waals surface area contributed by atoms with Crippen LogP contribution < -0.4 is 5.32 Å². The van der Waals surface area contributed by atoms with Crippen LogP contribution in [0, 0.1) is 5.92 Å². The molecular formula is C16H27N3OS. The first kappa shape index (κ1) is 16.5. The first-order valence-electron chi connectivity index (χ1n) is 7.73. The van der Waals surface area contributed by atoms with E-state index in [0.717, 1.165) is 25.9 Å². The molecule has 0 bridgehead atoms. The van der Waals surface area contributed by atoms with Crippen molar-refractivity contribution in [3.63, 3.8) is 0 Å². The van der Waals surface area contributed by atoms with Crippen molar-refractivity contribution in [1.82, 2.24) is 15.1 Å². The Kier molecular flexibility index (Phi) is 5.79. The third kappa shape index (κ3) is 4.28. The molecule has 2 atom stereocenters. The quantitative estimate of drug-likeness (QED) is 0.841. The molecule has 1 N–H and O–H groups in total. The van der Waals surface area contributed by atoms with Crippen molar-refractivity contribution in [1.29, 1.82) is 0 Å². The van der Waals surface area contributed by atoms with Gasteiger partial charge in [-0.1, -0.05) is 19.9 Å². The molecule has 1 saturated heterocycles. The Morgan fingerprint density at radius 3 is 2.76 bits per heavy atom. The smallest absolute Gasteiger partial charge is 0.241 e. The second kappa shape index (κ2) is 7.38. The standard InChI is InChI=1S/C16H27N3OS/c1-12(2)11-13-16(20)19(9-6-8-18(3)4)15(17-13)14-7-5-10-21-14/h5,7,10,12-13,15,17H,6,8-9,11H2,1-4H3. The van der Waals surface area contributed by atoms with Crippen molar-refractivity contribution in [2.75, 3.05) is 27.2 Å². The second-order valence-corrected chi connectivity index (χ2v) is 7.43. The summed E-state index contributed by atoms with van der Waals surface area (Å²) in [6.45, 7) is 6.17. The van der Waals surface area contributed by atoms with Gasteiger partial charge in [0.2, 0.25) is 5.91 Å². The molecule has 0 aliphatic carbocycles. The van der Waals surface area contributed by atoms with E-state index < -0.39 is 0 Å². The summed E-state index contributed by atoms with van der Waals surface area (Å²) in [6, 6.07) is 4.14. The topological polar surface area (TPSA) is 35.6 Å². The zero-order valence-electron chi connectivity index (χ0n) is 13.5. The number of rotatable bonds is 7. The molecule has 4 nitrogen and oxygen atoms in total.